The Labute approximate surface area is 176 Å². The van der Waals surface area contributed by atoms with E-state index in [0.717, 1.165) is 12.1 Å². The van der Waals surface area contributed by atoms with Gasteiger partial charge >= 0.3 is 6.18 Å². The molecule has 1 aromatic carbocycles. The summed E-state index contributed by atoms with van der Waals surface area (Å²) in [5, 5.41) is 3.80. The number of pyridine rings is 1. The number of ether oxygens (including phenoxy) is 1. The maximum absolute atomic E-state index is 13.1. The number of hydrogen-bond donors (Lipinski definition) is 1. The summed E-state index contributed by atoms with van der Waals surface area (Å²) < 4.78 is 46.1. The molecule has 0 saturated carbocycles. The minimum Gasteiger partial charge on any atom is -0.378 e. The maximum atomic E-state index is 13.1. The number of fused-ring (bicyclic) bond motifs is 1. The van der Waals surface area contributed by atoms with E-state index < -0.39 is 17.8 Å². The predicted octanol–water partition coefficient (Wildman–Crippen LogP) is 3.36. The first-order chi connectivity index (χ1) is 14.8. The van der Waals surface area contributed by atoms with Crippen LogP contribution in [-0.4, -0.2) is 40.8 Å². The van der Waals surface area contributed by atoms with Crippen molar-refractivity contribution in [1.29, 1.82) is 0 Å². The first-order valence-electron chi connectivity index (χ1n) is 9.87. The molecule has 164 valence electrons. The van der Waals surface area contributed by atoms with E-state index in [1.807, 2.05) is 4.90 Å². The fourth-order valence-corrected chi connectivity index (χ4v) is 3.67. The third-order valence-corrected chi connectivity index (χ3v) is 5.40. The number of aryl methyl sites for hydroxylation is 1. The van der Waals surface area contributed by atoms with Gasteiger partial charge in [-0.05, 0) is 30.7 Å². The Morgan fingerprint density at radius 3 is 2.61 bits per heavy atom. The molecule has 2 aromatic heterocycles. The summed E-state index contributed by atoms with van der Waals surface area (Å²) >= 11 is 0. The van der Waals surface area contributed by atoms with E-state index in [4.69, 9.17) is 4.74 Å². The fourth-order valence-electron chi connectivity index (χ4n) is 3.67. The molecule has 7 nitrogen and oxygen atoms in total. The third kappa shape index (κ3) is 4.20. The molecular weight excluding hydrogens is 411 g/mol. The Balaban J connectivity index is 1.72. The van der Waals surface area contributed by atoms with Crippen LogP contribution in [-0.2, 0) is 18.0 Å². The van der Waals surface area contributed by atoms with Gasteiger partial charge in [-0.3, -0.25) is 9.36 Å². The normalized spacial score (nSPS) is 15.8. The van der Waals surface area contributed by atoms with Gasteiger partial charge in [0.15, 0.2) is 0 Å². The largest absolute Gasteiger partial charge is 0.416 e. The summed E-state index contributed by atoms with van der Waals surface area (Å²) in [6.45, 7) is 4.01. The zero-order chi connectivity index (χ0) is 22.2. The second-order valence-electron chi connectivity index (χ2n) is 7.44. The van der Waals surface area contributed by atoms with Gasteiger partial charge in [0.1, 0.15) is 23.5 Å². The average molecular weight is 433 g/mol. The number of halogens is 3. The molecule has 3 aromatic rings. The van der Waals surface area contributed by atoms with Crippen LogP contribution in [0.2, 0.25) is 0 Å². The monoisotopic (exact) mass is 433 g/mol. The molecular formula is C21H22F3N5O2. The Bertz CT molecular complexity index is 1160. The summed E-state index contributed by atoms with van der Waals surface area (Å²) in [5.41, 5.74) is 0.548. The number of benzene rings is 1. The van der Waals surface area contributed by atoms with Crippen molar-refractivity contribution in [3.63, 3.8) is 0 Å². The molecule has 1 unspecified atom stereocenters. The lowest BCUT2D eigenvalue weighted by atomic mass is 10.0. The number of morpholine rings is 1. The summed E-state index contributed by atoms with van der Waals surface area (Å²) in [7, 11) is 1.64. The summed E-state index contributed by atoms with van der Waals surface area (Å²) in [4.78, 5) is 23.4. The quantitative estimate of drug-likeness (QED) is 0.681. The van der Waals surface area contributed by atoms with Crippen LogP contribution in [0.15, 0.2) is 41.5 Å². The van der Waals surface area contributed by atoms with E-state index in [-0.39, 0.29) is 5.56 Å². The summed E-state index contributed by atoms with van der Waals surface area (Å²) in [5.74, 6) is 0.444. The van der Waals surface area contributed by atoms with Crippen molar-refractivity contribution in [2.24, 2.45) is 7.05 Å². The lowest BCUT2D eigenvalue weighted by molar-refractivity contribution is -0.137. The molecule has 10 heteroatoms. The van der Waals surface area contributed by atoms with Gasteiger partial charge in [-0.1, -0.05) is 12.1 Å². The van der Waals surface area contributed by atoms with Crippen LogP contribution < -0.4 is 15.8 Å². The minimum atomic E-state index is -4.41. The number of alkyl halides is 3. The molecule has 0 spiro atoms. The Morgan fingerprint density at radius 2 is 1.90 bits per heavy atom. The smallest absolute Gasteiger partial charge is 0.378 e. The van der Waals surface area contributed by atoms with Crippen LogP contribution in [0.1, 0.15) is 24.1 Å². The highest BCUT2D eigenvalue weighted by molar-refractivity contribution is 5.89. The zero-order valence-corrected chi connectivity index (χ0v) is 17.1. The van der Waals surface area contributed by atoms with Crippen molar-refractivity contribution < 1.29 is 17.9 Å². The molecule has 3 heterocycles. The molecule has 1 aliphatic heterocycles. The highest BCUT2D eigenvalue weighted by Crippen LogP contribution is 2.32. The predicted molar refractivity (Wildman–Crippen MR) is 111 cm³/mol. The van der Waals surface area contributed by atoms with Crippen molar-refractivity contribution in [3.05, 3.63) is 58.1 Å². The molecule has 1 aliphatic rings. The van der Waals surface area contributed by atoms with E-state index in [1.54, 1.807) is 26.1 Å². The van der Waals surface area contributed by atoms with Crippen molar-refractivity contribution >= 4 is 22.5 Å². The van der Waals surface area contributed by atoms with Gasteiger partial charge in [0, 0.05) is 26.2 Å². The van der Waals surface area contributed by atoms with Crippen molar-refractivity contribution in [2.75, 3.05) is 36.5 Å². The van der Waals surface area contributed by atoms with E-state index in [1.165, 1.54) is 17.0 Å². The second kappa shape index (κ2) is 8.18. The SMILES string of the molecule is CC(Nc1ncnc2c1cc(N1CCOCC1)c(=O)n2C)c1cccc(C(F)(F)F)c1. The van der Waals surface area contributed by atoms with Crippen LogP contribution >= 0.6 is 0 Å². The molecule has 1 fully saturated rings. The van der Waals surface area contributed by atoms with Gasteiger partial charge in [-0.2, -0.15) is 13.2 Å². The minimum absolute atomic E-state index is 0.176. The average Bonchev–Trinajstić information content (AvgIpc) is 2.76. The van der Waals surface area contributed by atoms with Gasteiger partial charge < -0.3 is 15.0 Å². The molecule has 0 amide bonds. The topological polar surface area (TPSA) is 72.3 Å². The molecule has 0 aliphatic carbocycles. The number of aromatic nitrogens is 3. The van der Waals surface area contributed by atoms with Gasteiger partial charge in [-0.15, -0.1) is 0 Å². The van der Waals surface area contributed by atoms with Crippen LogP contribution in [0.5, 0.6) is 0 Å². The number of nitrogens with one attached hydrogen (secondary N) is 1. The van der Waals surface area contributed by atoms with Crippen molar-refractivity contribution in [3.8, 4) is 0 Å². The van der Waals surface area contributed by atoms with Crippen LogP contribution in [0.4, 0.5) is 24.7 Å². The first-order valence-corrected chi connectivity index (χ1v) is 9.87. The van der Waals surface area contributed by atoms with Crippen molar-refractivity contribution in [2.45, 2.75) is 19.1 Å². The first kappa shape index (κ1) is 21.1. The number of anilines is 2. The molecule has 31 heavy (non-hydrogen) atoms. The highest BCUT2D eigenvalue weighted by atomic mass is 19.4. The molecule has 0 radical (unpaired) electrons. The lowest BCUT2D eigenvalue weighted by Crippen LogP contribution is -2.40. The van der Waals surface area contributed by atoms with Crippen molar-refractivity contribution in [1.82, 2.24) is 14.5 Å². The van der Waals surface area contributed by atoms with Crippen LogP contribution in [0.3, 0.4) is 0 Å². The van der Waals surface area contributed by atoms with Crippen LogP contribution in [0.25, 0.3) is 11.0 Å². The van der Waals surface area contributed by atoms with E-state index >= 15 is 0 Å². The number of rotatable bonds is 4. The zero-order valence-electron chi connectivity index (χ0n) is 17.1. The van der Waals surface area contributed by atoms with E-state index in [9.17, 15) is 18.0 Å². The highest BCUT2D eigenvalue weighted by Gasteiger charge is 2.30. The van der Waals surface area contributed by atoms with Gasteiger partial charge in [0.25, 0.3) is 5.56 Å². The Kier molecular flexibility index (Phi) is 5.57. The van der Waals surface area contributed by atoms with Gasteiger partial charge in [0.05, 0.1) is 24.2 Å². The summed E-state index contributed by atoms with van der Waals surface area (Å²) in [6.07, 6.45) is -3.08. The Hall–Kier alpha value is -3.14. The number of hydrogen-bond acceptors (Lipinski definition) is 6. The molecule has 1 saturated heterocycles. The molecule has 0 bridgehead atoms. The summed E-state index contributed by atoms with van der Waals surface area (Å²) in [6, 6.07) is 6.46. The fraction of sp³-hybridized carbons (Fsp3) is 0.381. The van der Waals surface area contributed by atoms with Gasteiger partial charge in [-0.25, -0.2) is 9.97 Å². The third-order valence-electron chi connectivity index (χ3n) is 5.40. The second-order valence-corrected chi connectivity index (χ2v) is 7.44. The number of nitrogens with zero attached hydrogens (tertiary/aromatic N) is 4. The molecule has 1 atom stereocenters. The standard InChI is InChI=1S/C21H22F3N5O2/c1-13(14-4-3-5-15(10-14)21(22,23)24)27-18-16-11-17(29-6-8-31-9-7-29)20(30)28(2)19(16)26-12-25-18/h3-5,10-13H,6-9H2,1-2H3,(H,25,26,27). The molecule has 1 N–H and O–H groups in total. The molecule has 4 rings (SSSR count). The Morgan fingerprint density at radius 1 is 1.16 bits per heavy atom. The van der Waals surface area contributed by atoms with E-state index in [0.29, 0.717) is 54.4 Å². The van der Waals surface area contributed by atoms with Crippen LogP contribution in [0, 0.1) is 0 Å². The van der Waals surface area contributed by atoms with E-state index in [2.05, 4.69) is 15.3 Å². The maximum Gasteiger partial charge on any atom is 0.416 e. The lowest BCUT2D eigenvalue weighted by Gasteiger charge is -2.28. The van der Waals surface area contributed by atoms with Gasteiger partial charge in [0.2, 0.25) is 0 Å².